The second kappa shape index (κ2) is 35.3. The molecule has 0 aliphatic heterocycles. The number of rotatable bonds is 38. The van der Waals surface area contributed by atoms with Gasteiger partial charge < -0.3 is 39.6 Å². The number of nitrogens with zero attached hydrogens (tertiary/aromatic N) is 2. The molecule has 0 radical (unpaired) electrons. The number of aryl methyl sites for hydroxylation is 2. The van der Waals surface area contributed by atoms with Crippen LogP contribution in [0.3, 0.4) is 0 Å². The zero-order valence-corrected chi connectivity index (χ0v) is 52.6. The largest absolute Gasteiger partial charge is 0.805 e. The maximum absolute atomic E-state index is 14.0. The lowest BCUT2D eigenvalue weighted by molar-refractivity contribution is -0.200. The molecule has 22 heteroatoms. The maximum atomic E-state index is 14.0. The lowest BCUT2D eigenvalue weighted by Gasteiger charge is -2.32. The Bertz CT molecular complexity index is 3430. The van der Waals surface area contributed by atoms with Crippen LogP contribution in [-0.4, -0.2) is 85.2 Å². The Labute approximate surface area is 535 Å². The fourth-order valence-corrected chi connectivity index (χ4v) is 11.0. The minimum absolute atomic E-state index is 0.0742. The number of nitrogens with one attached hydrogen (secondary N) is 4. The highest BCUT2D eigenvalue weighted by Gasteiger charge is 2.34. The van der Waals surface area contributed by atoms with Crippen molar-refractivity contribution < 1.29 is 70.4 Å². The standard InChI is InChI=1S/C70H75N6O15P/c1-5-61(75(47-77)86-43-51-25-17-11-18-26-51)59(31-29-49-21-13-9-14-22-49)67(79)71-45-73-69(81)65-35-33-63(88-65)53-37-55(84-7-3)41-57(39-53)90-92(83)91-58-40-54(38-56(42-58)85-8-4)64-34-36-66(89-64)70(82)74-46-72-68(80)60(32-30-50-23-15-10-16-24-50)62(6-2)76(48-78)87-44-52-27-19-12-20-28-52/h9-28,33-42,47-48,59-62H,5-8,29-32,43-46H2,1-4H3,(H3-,71,72,73,74,79,80,81,82)/p+1/t59-,60-,61-,62-/m1/s1. The minimum Gasteiger partial charge on any atom is -0.494 e. The van der Waals surface area contributed by atoms with Gasteiger partial charge >= 0.3 is 8.25 Å². The average Bonchev–Trinajstić information content (AvgIpc) is 1.80. The summed E-state index contributed by atoms with van der Waals surface area (Å²) in [6, 6.07) is 52.4. The van der Waals surface area contributed by atoms with Crippen LogP contribution in [0.15, 0.2) is 191 Å². The van der Waals surface area contributed by atoms with E-state index >= 15 is 0 Å². The summed E-state index contributed by atoms with van der Waals surface area (Å²) in [5, 5.41) is 13.4. The van der Waals surface area contributed by atoms with Gasteiger partial charge in [-0.1, -0.05) is 135 Å². The summed E-state index contributed by atoms with van der Waals surface area (Å²) in [5.74, 6) is -2.30. The summed E-state index contributed by atoms with van der Waals surface area (Å²) in [6.45, 7) is 7.62. The highest BCUT2D eigenvalue weighted by molar-refractivity contribution is 7.34. The van der Waals surface area contributed by atoms with Gasteiger partial charge in [0.05, 0.1) is 50.5 Å². The van der Waals surface area contributed by atoms with Crippen molar-refractivity contribution in [1.29, 1.82) is 0 Å². The monoisotopic (exact) mass is 1270 g/mol. The minimum atomic E-state index is -2.93. The summed E-state index contributed by atoms with van der Waals surface area (Å²) in [6.07, 6.45) is 3.88. The lowest BCUT2D eigenvalue weighted by Crippen LogP contribution is -2.48. The van der Waals surface area contributed by atoms with Crippen molar-refractivity contribution in [1.82, 2.24) is 31.4 Å². The molecule has 2 aromatic heterocycles. The van der Waals surface area contributed by atoms with Gasteiger partial charge in [-0.05, 0) is 123 Å². The van der Waals surface area contributed by atoms with Gasteiger partial charge in [-0.3, -0.25) is 38.4 Å². The van der Waals surface area contributed by atoms with Gasteiger partial charge in [-0.2, -0.15) is 0 Å². The van der Waals surface area contributed by atoms with E-state index in [2.05, 4.69) is 21.3 Å². The Hall–Kier alpha value is -10.1. The molecule has 0 saturated carbocycles. The van der Waals surface area contributed by atoms with Crippen molar-refractivity contribution in [3.8, 4) is 45.6 Å². The molecule has 0 spiro atoms. The molecule has 8 rings (SSSR count). The molecule has 2 heterocycles. The zero-order valence-electron chi connectivity index (χ0n) is 51.7. The van der Waals surface area contributed by atoms with E-state index in [4.69, 9.17) is 37.0 Å². The van der Waals surface area contributed by atoms with Crippen LogP contribution >= 0.6 is 8.25 Å². The maximum Gasteiger partial charge on any atom is 0.805 e. The Morgan fingerprint density at radius 1 is 0.467 bits per heavy atom. The molecule has 0 aliphatic carbocycles. The molecule has 0 fully saturated rings. The van der Waals surface area contributed by atoms with Crippen molar-refractivity contribution in [2.45, 2.75) is 91.5 Å². The molecule has 21 nitrogen and oxygen atoms in total. The fraction of sp³-hybridized carbons (Fsp3) is 0.286. The average molecular weight is 1270 g/mol. The third-order valence-electron chi connectivity index (χ3n) is 14.9. The number of furan rings is 2. The van der Waals surface area contributed by atoms with E-state index in [0.717, 1.165) is 22.3 Å². The molecule has 0 aliphatic rings. The van der Waals surface area contributed by atoms with Crippen LogP contribution in [0, 0.1) is 11.8 Å². The number of hydrogen-bond acceptors (Lipinski definition) is 15. The fourth-order valence-electron chi connectivity index (χ4n) is 10.4. The first-order valence-corrected chi connectivity index (χ1v) is 31.6. The number of carbonyl (C=O) groups is 6. The van der Waals surface area contributed by atoms with E-state index in [1.807, 2.05) is 135 Å². The normalized spacial score (nSPS) is 12.2. The summed E-state index contributed by atoms with van der Waals surface area (Å²) in [4.78, 5) is 91.7. The summed E-state index contributed by atoms with van der Waals surface area (Å²) >= 11 is 0. The van der Waals surface area contributed by atoms with Crippen LogP contribution in [0.5, 0.6) is 23.0 Å². The predicted molar refractivity (Wildman–Crippen MR) is 343 cm³/mol. The molecule has 0 bridgehead atoms. The molecule has 8 aromatic rings. The first-order chi connectivity index (χ1) is 44.9. The third-order valence-corrected chi connectivity index (χ3v) is 15.6. The molecule has 6 amide bonds. The van der Waals surface area contributed by atoms with Crippen LogP contribution in [0.4, 0.5) is 0 Å². The molecule has 4 atom stereocenters. The Kier molecular flexibility index (Phi) is 26.1. The number of hydroxylamine groups is 4. The van der Waals surface area contributed by atoms with Gasteiger partial charge in [0.1, 0.15) is 36.2 Å². The summed E-state index contributed by atoms with van der Waals surface area (Å²) in [7, 11) is -2.93. The Balaban J connectivity index is 0.878. The predicted octanol–water partition coefficient (Wildman–Crippen LogP) is 12.0. The molecule has 4 N–H and O–H groups in total. The van der Waals surface area contributed by atoms with E-state index < -0.39 is 44.0 Å². The molecule has 6 aromatic carbocycles. The summed E-state index contributed by atoms with van der Waals surface area (Å²) in [5.41, 5.74) is 4.56. The number of amides is 6. The van der Waals surface area contributed by atoms with Gasteiger partial charge in [0.2, 0.25) is 24.6 Å². The lowest BCUT2D eigenvalue weighted by atomic mass is 9.90. The smallest absolute Gasteiger partial charge is 0.494 e. The quantitative estimate of drug-likeness (QED) is 0.0121. The van der Waals surface area contributed by atoms with Gasteiger partial charge in [0.15, 0.2) is 23.0 Å². The van der Waals surface area contributed by atoms with E-state index in [-0.39, 0.29) is 86.1 Å². The van der Waals surface area contributed by atoms with Gasteiger partial charge in [-0.15, -0.1) is 0 Å². The van der Waals surface area contributed by atoms with E-state index in [1.165, 1.54) is 46.5 Å². The first kappa shape index (κ1) is 67.8. The first-order valence-electron chi connectivity index (χ1n) is 30.5. The van der Waals surface area contributed by atoms with E-state index in [0.29, 0.717) is 74.0 Å². The second-order valence-electron chi connectivity index (χ2n) is 21.1. The van der Waals surface area contributed by atoms with Crippen LogP contribution < -0.4 is 39.8 Å². The molecular formula is C70H76N6O15P+. The van der Waals surface area contributed by atoms with Crippen molar-refractivity contribution in [2.75, 3.05) is 26.6 Å². The van der Waals surface area contributed by atoms with Crippen LogP contribution in [0.25, 0.3) is 22.6 Å². The van der Waals surface area contributed by atoms with Gasteiger partial charge in [0.25, 0.3) is 11.8 Å². The van der Waals surface area contributed by atoms with Crippen molar-refractivity contribution in [3.63, 3.8) is 0 Å². The number of hydrogen-bond donors (Lipinski definition) is 4. The Morgan fingerprint density at radius 3 is 1.17 bits per heavy atom. The highest BCUT2D eigenvalue weighted by Crippen LogP contribution is 2.39. The number of ether oxygens (including phenoxy) is 2. The molecule has 92 heavy (non-hydrogen) atoms. The van der Waals surface area contributed by atoms with Crippen molar-refractivity contribution in [2.24, 2.45) is 11.8 Å². The second-order valence-corrected chi connectivity index (χ2v) is 21.9. The van der Waals surface area contributed by atoms with Crippen molar-refractivity contribution >= 4 is 44.7 Å². The third kappa shape index (κ3) is 20.0. The van der Waals surface area contributed by atoms with E-state index in [9.17, 15) is 33.3 Å². The topological polar surface area (TPSA) is 256 Å². The van der Waals surface area contributed by atoms with Crippen LogP contribution in [0.1, 0.15) is 96.7 Å². The van der Waals surface area contributed by atoms with Gasteiger partial charge in [-0.25, -0.2) is 19.2 Å². The molecule has 0 saturated heterocycles. The Morgan fingerprint density at radius 2 is 0.826 bits per heavy atom. The van der Waals surface area contributed by atoms with E-state index in [1.54, 1.807) is 38.1 Å². The molecular weight excluding hydrogens is 1200 g/mol. The molecule has 0 unspecified atom stereocenters. The number of carbonyl (C=O) groups excluding carboxylic acids is 6. The SMILES string of the molecule is CCOc1cc(O[P+](=O)Oc2cc(OCC)cc(-c3ccc(C(=O)NCNC(=O)[C@H](CCc4ccccc4)[C@@H](CC)N(C=O)OCc4ccccc4)o3)c2)cc(-c2ccc(C(=O)NCNC(=O)[C@H](CCc3ccccc3)[C@@H](CC)N(C=O)OCc3ccccc3)o2)c1. The van der Waals surface area contributed by atoms with Crippen LogP contribution in [-0.2, 0) is 59.5 Å². The van der Waals surface area contributed by atoms with Gasteiger partial charge in [0, 0.05) is 27.8 Å². The zero-order chi connectivity index (χ0) is 65.0. The van der Waals surface area contributed by atoms with Crippen molar-refractivity contribution in [3.05, 3.63) is 216 Å². The number of benzene rings is 6. The highest BCUT2D eigenvalue weighted by atomic mass is 31.1. The summed E-state index contributed by atoms with van der Waals surface area (Å²) < 4.78 is 49.0. The van der Waals surface area contributed by atoms with Crippen LogP contribution in [0.2, 0.25) is 0 Å². The molecule has 480 valence electrons.